The summed E-state index contributed by atoms with van der Waals surface area (Å²) in [5.41, 5.74) is 0.242. The molecule has 1 aromatic carbocycles. The van der Waals surface area contributed by atoms with Gasteiger partial charge in [0.05, 0.1) is 17.2 Å². The summed E-state index contributed by atoms with van der Waals surface area (Å²) in [5, 5.41) is 11.8. The number of nitrogens with one attached hydrogen (secondary N) is 1. The summed E-state index contributed by atoms with van der Waals surface area (Å²) < 4.78 is 1.28. The monoisotopic (exact) mass is 349 g/mol. The molecular weight excluding hydrogens is 330 g/mol. The Bertz CT molecular complexity index is 805. The first-order valence-corrected chi connectivity index (χ1v) is 8.83. The van der Waals surface area contributed by atoms with Crippen molar-refractivity contribution in [2.45, 2.75) is 25.4 Å². The van der Waals surface area contributed by atoms with Crippen molar-refractivity contribution in [3.05, 3.63) is 40.9 Å². The number of carboxylic acids is 1. The van der Waals surface area contributed by atoms with Crippen LogP contribution in [0.15, 0.2) is 35.4 Å². The predicted molar refractivity (Wildman–Crippen MR) is 93.3 cm³/mol. The van der Waals surface area contributed by atoms with Gasteiger partial charge in [-0.25, -0.2) is 4.98 Å². The van der Waals surface area contributed by atoms with Gasteiger partial charge in [0, 0.05) is 0 Å². The average molecular weight is 349 g/mol. The molecule has 0 aliphatic heterocycles. The van der Waals surface area contributed by atoms with E-state index in [0.29, 0.717) is 23.1 Å². The Morgan fingerprint density at radius 3 is 2.75 bits per heavy atom. The third-order valence-corrected chi connectivity index (χ3v) is 4.30. The second-order valence-corrected chi connectivity index (χ2v) is 6.33. The van der Waals surface area contributed by atoms with Crippen LogP contribution in [0.4, 0.5) is 0 Å². The van der Waals surface area contributed by atoms with Gasteiger partial charge in [0.1, 0.15) is 12.1 Å². The third-order valence-electron chi connectivity index (χ3n) is 3.65. The molecule has 24 heavy (non-hydrogen) atoms. The van der Waals surface area contributed by atoms with Gasteiger partial charge in [-0.3, -0.25) is 19.0 Å². The maximum Gasteiger partial charge on any atom is 0.325 e. The topological polar surface area (TPSA) is 101 Å². The number of carbonyl (C=O) groups is 2. The van der Waals surface area contributed by atoms with Crippen LogP contribution in [0.2, 0.25) is 0 Å². The zero-order valence-corrected chi connectivity index (χ0v) is 14.2. The number of para-hydroxylation sites is 1. The van der Waals surface area contributed by atoms with E-state index in [9.17, 15) is 14.4 Å². The summed E-state index contributed by atoms with van der Waals surface area (Å²) in [7, 11) is 0. The number of carboxylic acid groups (broad SMARTS) is 1. The van der Waals surface area contributed by atoms with Crippen molar-refractivity contribution in [1.29, 1.82) is 0 Å². The van der Waals surface area contributed by atoms with Crippen LogP contribution in [0.5, 0.6) is 0 Å². The Morgan fingerprint density at radius 1 is 1.38 bits per heavy atom. The van der Waals surface area contributed by atoms with Crippen molar-refractivity contribution in [3.8, 4) is 0 Å². The molecule has 1 heterocycles. The van der Waals surface area contributed by atoms with Gasteiger partial charge in [0.25, 0.3) is 5.56 Å². The zero-order valence-electron chi connectivity index (χ0n) is 13.4. The lowest BCUT2D eigenvalue weighted by Crippen LogP contribution is -2.44. The number of hydrogen-bond donors (Lipinski definition) is 2. The summed E-state index contributed by atoms with van der Waals surface area (Å²) >= 11 is 1.54. The van der Waals surface area contributed by atoms with Crippen molar-refractivity contribution in [1.82, 2.24) is 14.9 Å². The molecule has 2 atom stereocenters. The minimum Gasteiger partial charge on any atom is -0.480 e. The minimum absolute atomic E-state index is 0.315. The van der Waals surface area contributed by atoms with Crippen LogP contribution in [-0.4, -0.2) is 44.6 Å². The van der Waals surface area contributed by atoms with Gasteiger partial charge in [0.2, 0.25) is 5.91 Å². The second-order valence-electron chi connectivity index (χ2n) is 5.34. The molecule has 0 fully saturated rings. The molecule has 0 saturated heterocycles. The normalized spacial score (nSPS) is 13.4. The van der Waals surface area contributed by atoms with E-state index in [0.717, 1.165) is 0 Å². The number of aromatic nitrogens is 2. The van der Waals surface area contributed by atoms with Crippen LogP contribution in [0, 0.1) is 0 Å². The Labute approximate surface area is 143 Å². The quantitative estimate of drug-likeness (QED) is 0.781. The van der Waals surface area contributed by atoms with Crippen LogP contribution < -0.4 is 10.9 Å². The van der Waals surface area contributed by atoms with Gasteiger partial charge < -0.3 is 10.4 Å². The maximum atomic E-state index is 12.7. The Kier molecular flexibility index (Phi) is 5.97. The summed E-state index contributed by atoms with van der Waals surface area (Å²) in [6.07, 6.45) is 3.65. The molecule has 2 rings (SSSR count). The fraction of sp³-hybridized carbons (Fsp3) is 0.375. The summed E-state index contributed by atoms with van der Waals surface area (Å²) in [6.45, 7) is 1.38. The number of benzene rings is 1. The van der Waals surface area contributed by atoms with Gasteiger partial charge in [-0.15, -0.1) is 0 Å². The third kappa shape index (κ3) is 3.94. The molecule has 2 N–H and O–H groups in total. The van der Waals surface area contributed by atoms with Crippen molar-refractivity contribution in [2.24, 2.45) is 0 Å². The van der Waals surface area contributed by atoms with Gasteiger partial charge in [-0.2, -0.15) is 11.8 Å². The number of rotatable bonds is 7. The van der Waals surface area contributed by atoms with Crippen LogP contribution in [0.3, 0.4) is 0 Å². The lowest BCUT2D eigenvalue weighted by molar-refractivity contribution is -0.141. The SMILES string of the molecule is CSCCC(C(=O)NC(C)C(=O)O)n1cnc2ccccc2c1=O. The number of thioether (sulfide) groups is 1. The lowest BCUT2D eigenvalue weighted by atomic mass is 10.1. The molecule has 2 unspecified atom stereocenters. The minimum atomic E-state index is -1.13. The molecular formula is C16H19N3O4S. The van der Waals surface area contributed by atoms with Crippen molar-refractivity contribution < 1.29 is 14.7 Å². The highest BCUT2D eigenvalue weighted by atomic mass is 32.2. The molecule has 0 bridgehead atoms. The molecule has 128 valence electrons. The molecule has 0 aliphatic rings. The van der Waals surface area contributed by atoms with E-state index in [1.54, 1.807) is 36.0 Å². The fourth-order valence-corrected chi connectivity index (χ4v) is 2.76. The molecule has 1 amide bonds. The van der Waals surface area contributed by atoms with Crippen LogP contribution in [-0.2, 0) is 9.59 Å². The number of carbonyl (C=O) groups excluding carboxylic acids is 1. The second kappa shape index (κ2) is 7.96. The van der Waals surface area contributed by atoms with E-state index < -0.39 is 24.0 Å². The lowest BCUT2D eigenvalue weighted by Gasteiger charge is -2.20. The number of aliphatic carboxylic acids is 1. The number of nitrogens with zero attached hydrogens (tertiary/aromatic N) is 2. The smallest absolute Gasteiger partial charge is 0.325 e. The van der Waals surface area contributed by atoms with Gasteiger partial charge in [0.15, 0.2) is 0 Å². The molecule has 0 saturated carbocycles. The molecule has 7 nitrogen and oxygen atoms in total. The fourth-order valence-electron chi connectivity index (χ4n) is 2.30. The molecule has 8 heteroatoms. The molecule has 1 aromatic heterocycles. The van der Waals surface area contributed by atoms with Crippen LogP contribution in [0.25, 0.3) is 10.9 Å². The Balaban J connectivity index is 2.40. The van der Waals surface area contributed by atoms with E-state index in [4.69, 9.17) is 5.11 Å². The first-order chi connectivity index (χ1) is 11.5. The van der Waals surface area contributed by atoms with Gasteiger partial charge in [-0.05, 0) is 37.5 Å². The van der Waals surface area contributed by atoms with Crippen molar-refractivity contribution in [2.75, 3.05) is 12.0 Å². The van der Waals surface area contributed by atoms with Crippen molar-refractivity contribution >= 4 is 34.5 Å². The first kappa shape index (κ1) is 18.0. The first-order valence-electron chi connectivity index (χ1n) is 7.43. The standard InChI is InChI=1S/C16H19N3O4S/c1-10(16(22)23)18-14(20)13(7-8-24-2)19-9-17-12-6-4-3-5-11(12)15(19)21/h3-6,9-10,13H,7-8H2,1-2H3,(H,18,20)(H,22,23). The highest BCUT2D eigenvalue weighted by molar-refractivity contribution is 7.98. The Hall–Kier alpha value is -2.35. The molecule has 0 aliphatic carbocycles. The highest BCUT2D eigenvalue weighted by Gasteiger charge is 2.25. The van der Waals surface area contributed by atoms with E-state index >= 15 is 0 Å². The maximum absolute atomic E-state index is 12.7. The predicted octanol–water partition coefficient (Wildman–Crippen LogP) is 1.28. The average Bonchev–Trinajstić information content (AvgIpc) is 2.57. The summed E-state index contributed by atoms with van der Waals surface area (Å²) in [5.74, 6) is -0.979. The Morgan fingerprint density at radius 2 is 2.08 bits per heavy atom. The molecule has 0 spiro atoms. The van der Waals surface area contributed by atoms with E-state index in [2.05, 4.69) is 10.3 Å². The van der Waals surface area contributed by atoms with E-state index in [-0.39, 0.29) is 5.56 Å². The molecule has 0 radical (unpaired) electrons. The largest absolute Gasteiger partial charge is 0.480 e. The van der Waals surface area contributed by atoms with Gasteiger partial charge >= 0.3 is 5.97 Å². The summed E-state index contributed by atoms with van der Waals surface area (Å²) in [4.78, 5) is 40.3. The summed E-state index contributed by atoms with van der Waals surface area (Å²) in [6, 6.07) is 5.07. The van der Waals surface area contributed by atoms with E-state index in [1.807, 2.05) is 6.26 Å². The number of hydrogen-bond acceptors (Lipinski definition) is 5. The van der Waals surface area contributed by atoms with Crippen molar-refractivity contribution in [3.63, 3.8) is 0 Å². The van der Waals surface area contributed by atoms with Crippen LogP contribution in [0.1, 0.15) is 19.4 Å². The highest BCUT2D eigenvalue weighted by Crippen LogP contribution is 2.15. The number of amides is 1. The van der Waals surface area contributed by atoms with E-state index in [1.165, 1.54) is 17.8 Å². The van der Waals surface area contributed by atoms with Crippen LogP contribution >= 0.6 is 11.8 Å². The van der Waals surface area contributed by atoms with Gasteiger partial charge in [-0.1, -0.05) is 12.1 Å². The molecule has 2 aromatic rings. The zero-order chi connectivity index (χ0) is 17.7. The number of fused-ring (bicyclic) bond motifs is 1.